The standard InChI is InChI=1S/C18H20N4O3S3/c1-10(2)22-15(13-6-5-7-26-13)20-21-18(22)27-9-14(23)19-16-12(17(24)25-4)8-11(3)28-16/h5-8,10H,9H2,1-4H3,(H,19,23). The lowest BCUT2D eigenvalue weighted by Crippen LogP contribution is -2.16. The third-order valence-corrected chi connectivity index (χ3v) is 6.54. The van der Waals surface area contributed by atoms with E-state index in [1.165, 1.54) is 30.2 Å². The number of thioether (sulfide) groups is 1. The maximum Gasteiger partial charge on any atom is 0.340 e. The van der Waals surface area contributed by atoms with Crippen LogP contribution in [-0.4, -0.2) is 39.5 Å². The second kappa shape index (κ2) is 8.89. The minimum Gasteiger partial charge on any atom is -0.465 e. The zero-order valence-corrected chi connectivity index (χ0v) is 18.3. The zero-order chi connectivity index (χ0) is 20.3. The topological polar surface area (TPSA) is 86.1 Å². The first kappa shape index (κ1) is 20.6. The highest BCUT2D eigenvalue weighted by molar-refractivity contribution is 7.99. The predicted octanol–water partition coefficient (Wildman–Crippen LogP) is 4.47. The molecule has 7 nitrogen and oxygen atoms in total. The van der Waals surface area contributed by atoms with Gasteiger partial charge in [-0.15, -0.1) is 32.9 Å². The molecule has 10 heteroatoms. The normalized spacial score (nSPS) is 11.0. The van der Waals surface area contributed by atoms with Gasteiger partial charge in [0.25, 0.3) is 0 Å². The molecule has 1 amide bonds. The summed E-state index contributed by atoms with van der Waals surface area (Å²) in [5.74, 6) is 0.280. The molecule has 0 aliphatic carbocycles. The summed E-state index contributed by atoms with van der Waals surface area (Å²) >= 11 is 4.26. The van der Waals surface area contributed by atoms with Gasteiger partial charge in [-0.05, 0) is 38.3 Å². The van der Waals surface area contributed by atoms with Gasteiger partial charge in [0.05, 0.1) is 23.3 Å². The third kappa shape index (κ3) is 4.45. The Morgan fingerprint density at radius 1 is 1.36 bits per heavy atom. The Morgan fingerprint density at radius 2 is 2.14 bits per heavy atom. The molecule has 3 rings (SSSR count). The first-order valence-electron chi connectivity index (χ1n) is 8.51. The van der Waals surface area contributed by atoms with E-state index in [0.29, 0.717) is 15.7 Å². The lowest BCUT2D eigenvalue weighted by molar-refractivity contribution is -0.113. The molecule has 148 valence electrons. The quantitative estimate of drug-likeness (QED) is 0.434. The molecule has 0 saturated carbocycles. The van der Waals surface area contributed by atoms with E-state index in [1.807, 2.05) is 29.0 Å². The van der Waals surface area contributed by atoms with Crippen LogP contribution in [0.3, 0.4) is 0 Å². The highest BCUT2D eigenvalue weighted by Crippen LogP contribution is 2.31. The van der Waals surface area contributed by atoms with Crippen molar-refractivity contribution in [2.75, 3.05) is 18.2 Å². The summed E-state index contributed by atoms with van der Waals surface area (Å²) in [5.41, 5.74) is 0.369. The van der Waals surface area contributed by atoms with Crippen molar-refractivity contribution in [2.45, 2.75) is 32.0 Å². The van der Waals surface area contributed by atoms with E-state index >= 15 is 0 Å². The number of esters is 1. The summed E-state index contributed by atoms with van der Waals surface area (Å²) in [6.45, 7) is 5.99. The number of amides is 1. The number of methoxy groups -OCH3 is 1. The van der Waals surface area contributed by atoms with E-state index in [-0.39, 0.29) is 17.7 Å². The first-order valence-corrected chi connectivity index (χ1v) is 11.2. The van der Waals surface area contributed by atoms with E-state index in [1.54, 1.807) is 17.4 Å². The van der Waals surface area contributed by atoms with Crippen molar-refractivity contribution in [1.82, 2.24) is 14.8 Å². The molecule has 0 atom stereocenters. The van der Waals surface area contributed by atoms with Crippen LogP contribution in [0.25, 0.3) is 10.7 Å². The van der Waals surface area contributed by atoms with Crippen LogP contribution < -0.4 is 5.32 Å². The summed E-state index contributed by atoms with van der Waals surface area (Å²) in [6.07, 6.45) is 0. The fourth-order valence-electron chi connectivity index (χ4n) is 2.58. The average Bonchev–Trinajstić information content (AvgIpc) is 3.38. The molecule has 0 bridgehead atoms. The van der Waals surface area contributed by atoms with E-state index in [0.717, 1.165) is 15.6 Å². The summed E-state index contributed by atoms with van der Waals surface area (Å²) in [7, 11) is 1.32. The molecule has 3 aromatic heterocycles. The Balaban J connectivity index is 1.71. The molecule has 0 unspecified atom stereocenters. The Bertz CT molecular complexity index is 977. The second-order valence-corrected chi connectivity index (χ2v) is 9.32. The molecule has 0 aliphatic heterocycles. The Kier molecular flexibility index (Phi) is 6.53. The number of rotatable bonds is 7. The van der Waals surface area contributed by atoms with Crippen molar-refractivity contribution in [2.24, 2.45) is 0 Å². The van der Waals surface area contributed by atoms with Gasteiger partial charge < -0.3 is 10.1 Å². The van der Waals surface area contributed by atoms with Crippen LogP contribution in [0.1, 0.15) is 35.1 Å². The summed E-state index contributed by atoms with van der Waals surface area (Å²) in [6, 6.07) is 5.84. The SMILES string of the molecule is COC(=O)c1cc(C)sc1NC(=O)CSc1nnc(-c2cccs2)n1C(C)C. The summed E-state index contributed by atoms with van der Waals surface area (Å²) in [5, 5.41) is 14.6. The van der Waals surface area contributed by atoms with Crippen molar-refractivity contribution in [3.8, 4) is 10.7 Å². The van der Waals surface area contributed by atoms with Crippen LogP contribution in [0.4, 0.5) is 5.00 Å². The molecule has 1 N–H and O–H groups in total. The van der Waals surface area contributed by atoms with Crippen LogP contribution >= 0.6 is 34.4 Å². The number of hydrogen-bond acceptors (Lipinski definition) is 8. The highest BCUT2D eigenvalue weighted by atomic mass is 32.2. The molecule has 3 aromatic rings. The van der Waals surface area contributed by atoms with E-state index in [4.69, 9.17) is 4.74 Å². The lowest BCUT2D eigenvalue weighted by Gasteiger charge is -2.12. The fourth-order valence-corrected chi connectivity index (χ4v) is 5.06. The smallest absolute Gasteiger partial charge is 0.340 e. The zero-order valence-electron chi connectivity index (χ0n) is 15.9. The number of carbonyl (C=O) groups is 2. The monoisotopic (exact) mass is 436 g/mol. The molecule has 0 aliphatic rings. The van der Waals surface area contributed by atoms with Gasteiger partial charge in [0, 0.05) is 10.9 Å². The molecule has 0 radical (unpaired) electrons. The average molecular weight is 437 g/mol. The summed E-state index contributed by atoms with van der Waals surface area (Å²) in [4.78, 5) is 26.2. The molecule has 0 spiro atoms. The van der Waals surface area contributed by atoms with E-state index < -0.39 is 5.97 Å². The summed E-state index contributed by atoms with van der Waals surface area (Å²) < 4.78 is 6.80. The van der Waals surface area contributed by atoms with Gasteiger partial charge in [-0.1, -0.05) is 17.8 Å². The highest BCUT2D eigenvalue weighted by Gasteiger charge is 2.20. The van der Waals surface area contributed by atoms with Gasteiger partial charge in [0.2, 0.25) is 5.91 Å². The number of thiophene rings is 2. The number of nitrogens with zero attached hydrogens (tertiary/aromatic N) is 3. The number of carbonyl (C=O) groups excluding carboxylic acids is 2. The molecule has 0 saturated heterocycles. The molecule has 0 aromatic carbocycles. The van der Waals surface area contributed by atoms with Crippen molar-refractivity contribution in [1.29, 1.82) is 0 Å². The van der Waals surface area contributed by atoms with Crippen molar-refractivity contribution < 1.29 is 14.3 Å². The Morgan fingerprint density at radius 3 is 2.79 bits per heavy atom. The van der Waals surface area contributed by atoms with Crippen molar-refractivity contribution in [3.63, 3.8) is 0 Å². The van der Waals surface area contributed by atoms with Gasteiger partial charge in [0.1, 0.15) is 5.00 Å². The minimum atomic E-state index is -0.465. The van der Waals surface area contributed by atoms with Crippen LogP contribution in [0.5, 0.6) is 0 Å². The Labute approximate surface area is 175 Å². The molecule has 28 heavy (non-hydrogen) atoms. The Hall–Kier alpha value is -2.17. The van der Waals surface area contributed by atoms with Gasteiger partial charge in [0.15, 0.2) is 11.0 Å². The number of ether oxygens (including phenoxy) is 1. The van der Waals surface area contributed by atoms with Gasteiger partial charge >= 0.3 is 5.97 Å². The molecule has 3 heterocycles. The van der Waals surface area contributed by atoms with Crippen molar-refractivity contribution in [3.05, 3.63) is 34.0 Å². The largest absolute Gasteiger partial charge is 0.465 e. The van der Waals surface area contributed by atoms with Gasteiger partial charge in [-0.2, -0.15) is 0 Å². The maximum atomic E-state index is 12.4. The number of hydrogen-bond donors (Lipinski definition) is 1. The minimum absolute atomic E-state index is 0.156. The fraction of sp³-hybridized carbons (Fsp3) is 0.333. The molecular weight excluding hydrogens is 416 g/mol. The number of nitrogens with one attached hydrogen (secondary N) is 1. The number of anilines is 1. The number of aromatic nitrogens is 3. The lowest BCUT2D eigenvalue weighted by atomic mass is 10.3. The van der Waals surface area contributed by atoms with E-state index in [9.17, 15) is 9.59 Å². The van der Waals surface area contributed by atoms with Crippen LogP contribution in [0.2, 0.25) is 0 Å². The maximum absolute atomic E-state index is 12.4. The van der Waals surface area contributed by atoms with Crippen LogP contribution in [0.15, 0.2) is 28.7 Å². The number of aryl methyl sites for hydroxylation is 1. The third-order valence-electron chi connectivity index (χ3n) is 3.77. The van der Waals surface area contributed by atoms with Gasteiger partial charge in [-0.3, -0.25) is 9.36 Å². The van der Waals surface area contributed by atoms with E-state index in [2.05, 4.69) is 29.4 Å². The molecule has 0 fully saturated rings. The van der Waals surface area contributed by atoms with Crippen LogP contribution in [-0.2, 0) is 9.53 Å². The predicted molar refractivity (Wildman–Crippen MR) is 113 cm³/mol. The van der Waals surface area contributed by atoms with Crippen LogP contribution in [0, 0.1) is 6.92 Å². The van der Waals surface area contributed by atoms with Crippen molar-refractivity contribution >= 4 is 51.3 Å². The second-order valence-electron chi connectivity index (χ2n) is 6.18. The molecular formula is C18H20N4O3S3. The first-order chi connectivity index (χ1) is 13.4. The van der Waals surface area contributed by atoms with Gasteiger partial charge in [-0.25, -0.2) is 4.79 Å².